The smallest absolute Gasteiger partial charge is 0.337 e. The molecule has 0 bridgehead atoms. The number of benzene rings is 4. The highest BCUT2D eigenvalue weighted by Crippen LogP contribution is 2.41. The minimum atomic E-state index is -4.45. The van der Waals surface area contributed by atoms with E-state index in [-0.39, 0.29) is 37.4 Å². The number of carbonyl (C=O) groups excluding carboxylic acids is 2. The molecule has 274 valence electrons. The lowest BCUT2D eigenvalue weighted by Gasteiger charge is -2.36. The minimum absolute atomic E-state index is 0.0849. The van der Waals surface area contributed by atoms with Crippen molar-refractivity contribution in [2.45, 2.75) is 57.0 Å². The molecule has 2 aliphatic heterocycles. The molecule has 6 rings (SSSR count). The van der Waals surface area contributed by atoms with Gasteiger partial charge < -0.3 is 28.4 Å². The summed E-state index contributed by atoms with van der Waals surface area (Å²) in [4.78, 5) is 25.0. The summed E-state index contributed by atoms with van der Waals surface area (Å²) >= 11 is 0. The zero-order valence-corrected chi connectivity index (χ0v) is 30.2. The number of hydrogen-bond acceptors (Lipinski definition) is 10. The van der Waals surface area contributed by atoms with Gasteiger partial charge in [-0.2, -0.15) is 17.0 Å². The van der Waals surface area contributed by atoms with Crippen molar-refractivity contribution in [3.05, 3.63) is 131 Å². The van der Waals surface area contributed by atoms with Gasteiger partial charge in [0.15, 0.2) is 5.79 Å². The van der Waals surface area contributed by atoms with Gasteiger partial charge in [-0.15, -0.1) is 0 Å². The van der Waals surface area contributed by atoms with E-state index in [4.69, 9.17) is 28.4 Å². The number of fused-ring (bicyclic) bond motifs is 1. The Morgan fingerprint density at radius 2 is 1.04 bits per heavy atom. The van der Waals surface area contributed by atoms with E-state index in [2.05, 4.69) is 0 Å². The van der Waals surface area contributed by atoms with Crippen molar-refractivity contribution in [3.8, 4) is 11.5 Å². The first-order valence-electron chi connectivity index (χ1n) is 16.8. The highest BCUT2D eigenvalue weighted by molar-refractivity contribution is 7.86. The first-order valence-corrected chi connectivity index (χ1v) is 18.2. The Kier molecular flexibility index (Phi) is 11.3. The van der Waals surface area contributed by atoms with Crippen molar-refractivity contribution in [1.82, 2.24) is 8.61 Å². The summed E-state index contributed by atoms with van der Waals surface area (Å²) < 4.78 is 69.1. The van der Waals surface area contributed by atoms with Crippen LogP contribution in [0.2, 0.25) is 0 Å². The van der Waals surface area contributed by atoms with Crippen LogP contribution in [0.5, 0.6) is 11.5 Å². The molecule has 2 aliphatic rings. The second-order valence-corrected chi connectivity index (χ2v) is 14.8. The molecule has 13 heteroatoms. The Balaban J connectivity index is 1.49. The molecule has 0 unspecified atom stereocenters. The van der Waals surface area contributed by atoms with Crippen LogP contribution in [0.1, 0.15) is 45.7 Å². The van der Waals surface area contributed by atoms with Gasteiger partial charge in [-0.05, 0) is 73.5 Å². The van der Waals surface area contributed by atoms with E-state index in [1.54, 1.807) is 86.6 Å². The van der Waals surface area contributed by atoms with Crippen molar-refractivity contribution in [2.24, 2.45) is 0 Å². The molecule has 0 saturated carbocycles. The van der Waals surface area contributed by atoms with Crippen LogP contribution in [-0.2, 0) is 42.2 Å². The number of carbonyl (C=O) groups is 2. The summed E-state index contributed by atoms with van der Waals surface area (Å²) in [6.07, 6.45) is -1.65. The molecule has 4 aromatic carbocycles. The Morgan fingerprint density at radius 3 is 1.42 bits per heavy atom. The first kappa shape index (κ1) is 37.0. The quantitative estimate of drug-likeness (QED) is 0.179. The maximum absolute atomic E-state index is 15.4. The Hall–Kier alpha value is -4.79. The molecule has 0 N–H and O–H groups in total. The highest BCUT2D eigenvalue weighted by atomic mass is 32.2. The number of methoxy groups -OCH3 is 2. The maximum Gasteiger partial charge on any atom is 0.337 e. The van der Waals surface area contributed by atoms with Crippen LogP contribution in [0.25, 0.3) is 0 Å². The minimum Gasteiger partial charge on any atom is -0.492 e. The number of ether oxygens (including phenoxy) is 6. The molecule has 4 atom stereocenters. The molecule has 52 heavy (non-hydrogen) atoms. The van der Waals surface area contributed by atoms with Gasteiger partial charge in [0.25, 0.3) is 10.2 Å². The van der Waals surface area contributed by atoms with Gasteiger partial charge in [-0.1, -0.05) is 60.7 Å². The number of rotatable bonds is 12. The zero-order chi connectivity index (χ0) is 36.9. The fourth-order valence-electron chi connectivity index (χ4n) is 6.56. The lowest BCUT2D eigenvalue weighted by molar-refractivity contribution is -0.156. The number of esters is 2. The molecule has 2 heterocycles. The summed E-state index contributed by atoms with van der Waals surface area (Å²) in [5, 5.41) is 0. The lowest BCUT2D eigenvalue weighted by atomic mass is 9.98. The second kappa shape index (κ2) is 15.8. The first-order chi connectivity index (χ1) is 25.0. The molecule has 0 amide bonds. The molecule has 12 nitrogen and oxygen atoms in total. The molecule has 2 fully saturated rings. The fourth-order valence-corrected chi connectivity index (χ4v) is 8.50. The molecule has 0 aliphatic carbocycles. The van der Waals surface area contributed by atoms with Crippen molar-refractivity contribution in [1.29, 1.82) is 0 Å². The average molecular weight is 731 g/mol. The van der Waals surface area contributed by atoms with Crippen LogP contribution in [0, 0.1) is 0 Å². The van der Waals surface area contributed by atoms with Crippen LogP contribution in [0.15, 0.2) is 109 Å². The third-order valence-electron chi connectivity index (χ3n) is 8.96. The summed E-state index contributed by atoms with van der Waals surface area (Å²) in [6.45, 7) is 3.11. The van der Waals surface area contributed by atoms with Gasteiger partial charge in [-0.3, -0.25) is 0 Å². The summed E-state index contributed by atoms with van der Waals surface area (Å²) in [6, 6.07) is 29.6. The van der Waals surface area contributed by atoms with Crippen LogP contribution in [-0.4, -0.2) is 86.5 Å². The monoisotopic (exact) mass is 730 g/mol. The fraction of sp³-hybridized carbons (Fsp3) is 0.333. The largest absolute Gasteiger partial charge is 0.492 e. The van der Waals surface area contributed by atoms with Crippen molar-refractivity contribution in [3.63, 3.8) is 0 Å². The molecule has 4 aromatic rings. The van der Waals surface area contributed by atoms with E-state index in [9.17, 15) is 9.59 Å². The van der Waals surface area contributed by atoms with E-state index < -0.39 is 52.2 Å². The van der Waals surface area contributed by atoms with Crippen molar-refractivity contribution in [2.75, 3.05) is 27.4 Å². The number of hydrogen-bond donors (Lipinski definition) is 0. The maximum atomic E-state index is 15.4. The Bertz CT molecular complexity index is 1830. The van der Waals surface area contributed by atoms with Crippen LogP contribution in [0.4, 0.5) is 0 Å². The predicted molar refractivity (Wildman–Crippen MR) is 191 cm³/mol. The molecule has 0 spiro atoms. The predicted octanol–water partition coefficient (Wildman–Crippen LogP) is 5.24. The summed E-state index contributed by atoms with van der Waals surface area (Å²) in [7, 11) is -1.87. The van der Waals surface area contributed by atoms with Crippen molar-refractivity contribution >= 4 is 22.1 Å². The molecule has 0 aromatic heterocycles. The average Bonchev–Trinajstić information content (AvgIpc) is 3.46. The molecular weight excluding hydrogens is 689 g/mol. The SMILES string of the molecule is COC(=O)c1cccc(CN2[C@H](COc3ccccc3)[C@@H]3OC(C)(C)O[C@H]3[C@@H](COc3ccccc3)N(Cc3cccc(C(=O)OC)c3)S2(=O)=O)c1. The normalized spacial score (nSPS) is 22.5. The van der Waals surface area contributed by atoms with Gasteiger partial charge in [-0.25, -0.2) is 9.59 Å². The third kappa shape index (κ3) is 8.30. The molecule has 2 saturated heterocycles. The van der Waals surface area contributed by atoms with Crippen LogP contribution in [0.3, 0.4) is 0 Å². The Morgan fingerprint density at radius 1 is 0.635 bits per heavy atom. The summed E-state index contributed by atoms with van der Waals surface area (Å²) in [5.41, 5.74) is 1.62. The van der Waals surface area contributed by atoms with E-state index >= 15 is 8.42 Å². The third-order valence-corrected chi connectivity index (χ3v) is 10.9. The molecule has 0 radical (unpaired) electrons. The van der Waals surface area contributed by atoms with E-state index in [1.165, 1.54) is 22.8 Å². The standard InChI is InChI=1S/C39H42N2O10S/c1-39(2)50-35-33(25-48-31-17-7-5-8-18-31)40(23-27-13-11-15-29(21-27)37(42)46-3)52(44,45)41(24-28-14-12-16-30(22-28)38(43)47-4)34(36(35)51-39)26-49-32-19-9-6-10-20-32/h5-22,33-36H,23-26H2,1-4H3/t33-,34-,35+,36+/m1/s1. The summed E-state index contributed by atoms with van der Waals surface area (Å²) in [5.74, 6) is -1.11. The van der Waals surface area contributed by atoms with E-state index in [1.807, 2.05) is 36.4 Å². The number of para-hydroxylation sites is 2. The highest BCUT2D eigenvalue weighted by Gasteiger charge is 2.58. The van der Waals surface area contributed by atoms with Gasteiger partial charge in [0, 0.05) is 13.1 Å². The van der Waals surface area contributed by atoms with Gasteiger partial charge >= 0.3 is 11.9 Å². The van der Waals surface area contributed by atoms with Crippen LogP contribution >= 0.6 is 0 Å². The van der Waals surface area contributed by atoms with E-state index in [0.29, 0.717) is 22.6 Å². The van der Waals surface area contributed by atoms with Gasteiger partial charge in [0.1, 0.15) is 36.9 Å². The number of nitrogens with zero attached hydrogens (tertiary/aromatic N) is 2. The lowest BCUT2D eigenvalue weighted by Crippen LogP contribution is -2.53. The van der Waals surface area contributed by atoms with Gasteiger partial charge in [0.2, 0.25) is 0 Å². The topological polar surface area (TPSA) is 130 Å². The zero-order valence-electron chi connectivity index (χ0n) is 29.4. The molecular formula is C39H42N2O10S. The van der Waals surface area contributed by atoms with Crippen molar-refractivity contribution < 1.29 is 46.4 Å². The van der Waals surface area contributed by atoms with Gasteiger partial charge in [0.05, 0.1) is 37.4 Å². The van der Waals surface area contributed by atoms with Crippen LogP contribution < -0.4 is 9.47 Å². The Labute approximate surface area is 303 Å². The van der Waals surface area contributed by atoms with E-state index in [0.717, 1.165) is 0 Å². The second-order valence-electron chi connectivity index (χ2n) is 12.9.